The lowest BCUT2D eigenvalue weighted by molar-refractivity contribution is -0.123. The van der Waals surface area contributed by atoms with Gasteiger partial charge in [0, 0.05) is 11.1 Å². The quantitative estimate of drug-likeness (QED) is 0.468. The first-order valence-electron chi connectivity index (χ1n) is 9.74. The molecule has 4 atom stereocenters. The summed E-state index contributed by atoms with van der Waals surface area (Å²) in [5.74, 6) is -0.465. The Morgan fingerprint density at radius 3 is 2.14 bits per heavy atom. The second-order valence-corrected chi connectivity index (χ2v) is 8.19. The van der Waals surface area contributed by atoms with Crippen LogP contribution in [0.3, 0.4) is 0 Å². The van der Waals surface area contributed by atoms with Gasteiger partial charge in [0.1, 0.15) is 0 Å². The molecule has 0 N–H and O–H groups in total. The largest absolute Gasteiger partial charge is 0.289 e. The molecule has 2 bridgehead atoms. The van der Waals surface area contributed by atoms with Gasteiger partial charge in [-0.3, -0.25) is 14.4 Å². The van der Waals surface area contributed by atoms with Crippen molar-refractivity contribution >= 4 is 23.3 Å². The van der Waals surface area contributed by atoms with Crippen molar-refractivity contribution in [2.75, 3.05) is 4.90 Å². The monoisotopic (exact) mass is 371 g/mol. The van der Waals surface area contributed by atoms with Crippen molar-refractivity contribution in [3.05, 3.63) is 76.9 Å². The van der Waals surface area contributed by atoms with Crippen LogP contribution in [0.4, 0.5) is 5.69 Å². The van der Waals surface area contributed by atoms with Crippen molar-refractivity contribution < 1.29 is 14.4 Å². The van der Waals surface area contributed by atoms with Crippen LogP contribution in [0.1, 0.15) is 33.5 Å². The molecule has 4 heteroatoms. The van der Waals surface area contributed by atoms with Gasteiger partial charge in [0.2, 0.25) is 11.8 Å². The molecule has 1 saturated carbocycles. The van der Waals surface area contributed by atoms with Gasteiger partial charge in [0.15, 0.2) is 5.78 Å². The van der Waals surface area contributed by atoms with Crippen molar-refractivity contribution in [3.63, 3.8) is 0 Å². The van der Waals surface area contributed by atoms with E-state index >= 15 is 0 Å². The number of rotatable bonds is 3. The van der Waals surface area contributed by atoms with Crippen LogP contribution in [0.15, 0.2) is 54.6 Å². The number of allylic oxidation sites excluding steroid dienone is 2. The van der Waals surface area contributed by atoms with Crippen molar-refractivity contribution in [3.8, 4) is 0 Å². The minimum atomic E-state index is -0.235. The van der Waals surface area contributed by atoms with Crippen molar-refractivity contribution in [2.45, 2.75) is 20.3 Å². The standard InChI is InChI=1S/C24H21NO3/c1-13-6-7-18(10-14(13)2)22(26)17-4-3-5-19(12-17)25-23(27)20-15-8-9-16(11-15)21(20)24(25)28/h3-10,12,15-16,20-21H,11H2,1-2H3/t15-,16-,20+,21+/m0/s1. The molecule has 4 nitrogen and oxygen atoms in total. The highest BCUT2D eigenvalue weighted by atomic mass is 16.2. The number of aryl methyl sites for hydroxylation is 2. The number of amides is 2. The maximum Gasteiger partial charge on any atom is 0.238 e. The van der Waals surface area contributed by atoms with E-state index in [1.54, 1.807) is 24.3 Å². The van der Waals surface area contributed by atoms with Crippen LogP contribution in [-0.4, -0.2) is 17.6 Å². The number of carbonyl (C=O) groups excluding carboxylic acids is 3. The van der Waals surface area contributed by atoms with Gasteiger partial charge in [-0.2, -0.15) is 0 Å². The van der Waals surface area contributed by atoms with E-state index in [2.05, 4.69) is 12.2 Å². The summed E-state index contributed by atoms with van der Waals surface area (Å²) in [6, 6.07) is 12.5. The van der Waals surface area contributed by atoms with Crippen molar-refractivity contribution in [1.82, 2.24) is 0 Å². The fourth-order valence-electron chi connectivity index (χ4n) is 4.99. The summed E-state index contributed by atoms with van der Waals surface area (Å²) in [7, 11) is 0. The topological polar surface area (TPSA) is 54.5 Å². The van der Waals surface area contributed by atoms with Gasteiger partial charge in [-0.1, -0.05) is 36.4 Å². The molecule has 2 aliphatic carbocycles. The maximum atomic E-state index is 13.0. The normalized spacial score (nSPS) is 27.6. The summed E-state index contributed by atoms with van der Waals surface area (Å²) in [5, 5.41) is 0. The second kappa shape index (κ2) is 5.99. The average Bonchev–Trinajstić information content (AvgIpc) is 3.37. The summed E-state index contributed by atoms with van der Waals surface area (Å²) in [6.45, 7) is 3.98. The van der Waals surface area contributed by atoms with Gasteiger partial charge in [0.05, 0.1) is 17.5 Å². The Bertz CT molecular complexity index is 1040. The van der Waals surface area contributed by atoms with Crippen molar-refractivity contribution in [2.24, 2.45) is 23.7 Å². The van der Waals surface area contributed by atoms with Crippen LogP contribution in [0.5, 0.6) is 0 Å². The number of carbonyl (C=O) groups is 3. The number of benzene rings is 2. The highest BCUT2D eigenvalue weighted by Crippen LogP contribution is 2.53. The molecular formula is C24H21NO3. The average molecular weight is 371 g/mol. The zero-order valence-corrected chi connectivity index (χ0v) is 15.9. The lowest BCUT2D eigenvalue weighted by Crippen LogP contribution is -2.33. The minimum Gasteiger partial charge on any atom is -0.289 e. The molecule has 28 heavy (non-hydrogen) atoms. The number of ketones is 1. The molecule has 0 spiro atoms. The Balaban J connectivity index is 1.48. The highest BCUT2D eigenvalue weighted by molar-refractivity contribution is 6.23. The van der Waals surface area contributed by atoms with Gasteiger partial charge in [-0.15, -0.1) is 0 Å². The first-order valence-corrected chi connectivity index (χ1v) is 9.74. The number of nitrogens with zero attached hydrogens (tertiary/aromatic N) is 1. The molecular weight excluding hydrogens is 350 g/mol. The van der Waals surface area contributed by atoms with Gasteiger partial charge >= 0.3 is 0 Å². The Kier molecular flexibility index (Phi) is 3.66. The number of hydrogen-bond donors (Lipinski definition) is 0. The second-order valence-electron chi connectivity index (χ2n) is 8.19. The molecule has 0 aromatic heterocycles. The third-order valence-corrected chi connectivity index (χ3v) is 6.61. The molecule has 0 unspecified atom stereocenters. The fraction of sp³-hybridized carbons (Fsp3) is 0.292. The zero-order chi connectivity index (χ0) is 19.6. The van der Waals surface area contributed by atoms with E-state index in [1.807, 2.05) is 32.0 Å². The minimum absolute atomic E-state index is 0.106. The predicted octanol–water partition coefficient (Wildman–Crippen LogP) is 3.85. The predicted molar refractivity (Wildman–Crippen MR) is 106 cm³/mol. The van der Waals surface area contributed by atoms with Gasteiger partial charge in [-0.25, -0.2) is 4.90 Å². The summed E-state index contributed by atoms with van der Waals surface area (Å²) < 4.78 is 0. The zero-order valence-electron chi connectivity index (χ0n) is 15.9. The van der Waals surface area contributed by atoms with Gasteiger partial charge in [0.25, 0.3) is 0 Å². The molecule has 1 heterocycles. The third kappa shape index (κ3) is 2.34. The third-order valence-electron chi connectivity index (χ3n) is 6.61. The Morgan fingerprint density at radius 1 is 0.857 bits per heavy atom. The van der Waals surface area contributed by atoms with E-state index in [1.165, 1.54) is 4.90 Å². The first kappa shape index (κ1) is 17.1. The molecule has 1 saturated heterocycles. The highest BCUT2D eigenvalue weighted by Gasteiger charge is 2.59. The van der Waals surface area contributed by atoms with Crippen LogP contribution in [0.25, 0.3) is 0 Å². The van der Waals surface area contributed by atoms with Crippen LogP contribution >= 0.6 is 0 Å². The molecule has 2 aromatic carbocycles. The summed E-state index contributed by atoms with van der Waals surface area (Å²) in [4.78, 5) is 40.3. The van der Waals surface area contributed by atoms with E-state index in [0.717, 1.165) is 17.5 Å². The Morgan fingerprint density at radius 2 is 1.50 bits per heavy atom. The van der Waals surface area contributed by atoms with Crippen molar-refractivity contribution in [1.29, 1.82) is 0 Å². The Hall–Kier alpha value is -3.01. The van der Waals surface area contributed by atoms with Gasteiger partial charge in [-0.05, 0) is 61.4 Å². The van der Waals surface area contributed by atoms with E-state index in [4.69, 9.17) is 0 Å². The van der Waals surface area contributed by atoms with Crippen LogP contribution in [0.2, 0.25) is 0 Å². The number of imide groups is 1. The van der Waals surface area contributed by atoms with E-state index in [0.29, 0.717) is 16.8 Å². The SMILES string of the molecule is Cc1ccc(C(=O)c2cccc(N3C(=O)[C@H]4[C@H](C3=O)[C@H]3C=C[C@H]4C3)c2)cc1C. The molecule has 3 aliphatic rings. The van der Waals surface area contributed by atoms with E-state index in [9.17, 15) is 14.4 Å². The molecule has 5 rings (SSSR count). The lowest BCUT2D eigenvalue weighted by Gasteiger charge is -2.18. The number of anilines is 1. The summed E-state index contributed by atoms with van der Waals surface area (Å²) >= 11 is 0. The summed E-state index contributed by atoms with van der Waals surface area (Å²) in [5.41, 5.74) is 3.78. The summed E-state index contributed by atoms with van der Waals surface area (Å²) in [6.07, 6.45) is 5.08. The molecule has 0 radical (unpaired) electrons. The number of fused-ring (bicyclic) bond motifs is 5. The molecule has 2 amide bonds. The van der Waals surface area contributed by atoms with E-state index < -0.39 is 0 Å². The van der Waals surface area contributed by atoms with Gasteiger partial charge < -0.3 is 0 Å². The molecule has 2 fully saturated rings. The Labute approximate surface area is 163 Å². The number of hydrogen-bond acceptors (Lipinski definition) is 3. The molecule has 2 aromatic rings. The molecule has 1 aliphatic heterocycles. The van der Waals surface area contributed by atoms with Crippen LogP contribution in [-0.2, 0) is 9.59 Å². The fourth-order valence-corrected chi connectivity index (χ4v) is 4.99. The first-order chi connectivity index (χ1) is 13.5. The maximum absolute atomic E-state index is 13.0. The lowest BCUT2D eigenvalue weighted by atomic mass is 9.85. The molecule has 140 valence electrons. The van der Waals surface area contributed by atoms with Crippen LogP contribution in [0, 0.1) is 37.5 Å². The smallest absolute Gasteiger partial charge is 0.238 e. The van der Waals surface area contributed by atoms with Crippen LogP contribution < -0.4 is 4.90 Å². The van der Waals surface area contributed by atoms with E-state index in [-0.39, 0.29) is 41.3 Å².